The first kappa shape index (κ1) is 30.7. The monoisotopic (exact) mass is 572 g/mol. The van der Waals surface area contributed by atoms with Gasteiger partial charge in [0.25, 0.3) is 0 Å². The number of piperazine rings is 1. The minimum atomic E-state index is -0.160. The van der Waals surface area contributed by atoms with Gasteiger partial charge in [-0.2, -0.15) is 5.10 Å². The lowest BCUT2D eigenvalue weighted by molar-refractivity contribution is 0.287. The minimum Gasteiger partial charge on any atom is -0.508 e. The second kappa shape index (κ2) is 15.1. The zero-order valence-corrected chi connectivity index (χ0v) is 25.2. The Hall–Kier alpha value is -4.24. The maximum Gasteiger partial charge on any atom is 0.350 e. The Morgan fingerprint density at radius 2 is 1.36 bits per heavy atom. The first-order valence-corrected chi connectivity index (χ1v) is 14.9. The molecule has 2 heterocycles. The Kier molecular flexibility index (Phi) is 11.1. The summed E-state index contributed by atoms with van der Waals surface area (Å²) in [6.45, 7) is 13.1. The molecule has 0 bridgehead atoms. The zero-order chi connectivity index (χ0) is 29.9. The van der Waals surface area contributed by atoms with Gasteiger partial charge in [-0.05, 0) is 74.5 Å². The number of rotatable bonds is 10. The van der Waals surface area contributed by atoms with Crippen molar-refractivity contribution in [2.75, 3.05) is 49.1 Å². The molecule has 1 aliphatic rings. The van der Waals surface area contributed by atoms with E-state index >= 15 is 0 Å². The number of phenolic OH excluding ortho intramolecular Hbond substituents is 1. The van der Waals surface area contributed by atoms with E-state index in [0.717, 1.165) is 49.0 Å². The number of hydrogen-bond donors (Lipinski definition) is 2. The van der Waals surface area contributed by atoms with Crippen LogP contribution in [0.15, 0.2) is 90.0 Å². The molecule has 1 aliphatic heterocycles. The highest BCUT2D eigenvalue weighted by Gasteiger charge is 2.20. The summed E-state index contributed by atoms with van der Waals surface area (Å²) < 4.78 is 8.87. The first-order chi connectivity index (χ1) is 20.4. The van der Waals surface area contributed by atoms with Crippen LogP contribution < -0.4 is 25.5 Å². The van der Waals surface area contributed by atoms with Gasteiger partial charge in [-0.25, -0.2) is 14.0 Å². The van der Waals surface area contributed by atoms with E-state index in [1.165, 1.54) is 11.1 Å². The summed E-state index contributed by atoms with van der Waals surface area (Å²) in [5, 5.41) is 17.4. The van der Waals surface area contributed by atoms with E-state index in [1.54, 1.807) is 23.0 Å². The fourth-order valence-electron chi connectivity index (χ4n) is 4.84. The van der Waals surface area contributed by atoms with Crippen LogP contribution in [-0.4, -0.2) is 64.8 Å². The molecule has 0 amide bonds. The maximum absolute atomic E-state index is 13.2. The molecule has 224 valence electrons. The molecule has 1 fully saturated rings. The van der Waals surface area contributed by atoms with Crippen LogP contribution in [0, 0.1) is 0 Å². The maximum atomic E-state index is 13.2. The molecule has 2 N–H and O–H groups in total. The lowest BCUT2D eigenvalue weighted by Crippen LogP contribution is -2.46. The molecule has 9 heteroatoms. The molecular formula is C33H44N6O3. The predicted molar refractivity (Wildman–Crippen MR) is 170 cm³/mol. The molecule has 0 spiro atoms. The average molecular weight is 573 g/mol. The van der Waals surface area contributed by atoms with Crippen molar-refractivity contribution in [1.29, 1.82) is 0 Å². The number of phenols is 1. The first-order valence-electron chi connectivity index (χ1n) is 14.9. The van der Waals surface area contributed by atoms with Gasteiger partial charge in [0.05, 0.1) is 11.7 Å². The normalized spacial score (nSPS) is 14.6. The van der Waals surface area contributed by atoms with Gasteiger partial charge in [-0.15, -0.1) is 0 Å². The van der Waals surface area contributed by atoms with E-state index in [0.29, 0.717) is 13.2 Å². The number of anilines is 2. The van der Waals surface area contributed by atoms with Crippen molar-refractivity contribution in [3.8, 4) is 17.2 Å². The van der Waals surface area contributed by atoms with Crippen molar-refractivity contribution >= 4 is 11.4 Å². The summed E-state index contributed by atoms with van der Waals surface area (Å²) in [6, 6.07) is 25.1. The molecule has 2 unspecified atom stereocenters. The second-order valence-corrected chi connectivity index (χ2v) is 10.6. The highest BCUT2D eigenvalue weighted by atomic mass is 16.5. The molecule has 3 aromatic carbocycles. The predicted octanol–water partition coefficient (Wildman–Crippen LogP) is 5.10. The lowest BCUT2D eigenvalue weighted by atomic mass is 10.2. The van der Waals surface area contributed by atoms with E-state index in [2.05, 4.69) is 53.1 Å². The van der Waals surface area contributed by atoms with Gasteiger partial charge in [-0.3, -0.25) is 0 Å². The van der Waals surface area contributed by atoms with Gasteiger partial charge in [0.2, 0.25) is 0 Å². The number of aromatic hydroxyl groups is 1. The minimum absolute atomic E-state index is 0.0352. The molecular weight excluding hydrogens is 528 g/mol. The van der Waals surface area contributed by atoms with Crippen LogP contribution >= 0.6 is 0 Å². The molecule has 0 saturated carbocycles. The molecule has 5 rings (SSSR count). The number of ether oxygens (including phenoxy) is 1. The van der Waals surface area contributed by atoms with Gasteiger partial charge >= 0.3 is 5.69 Å². The average Bonchev–Trinajstić information content (AvgIpc) is 3.41. The van der Waals surface area contributed by atoms with Gasteiger partial charge in [0, 0.05) is 50.1 Å². The van der Waals surface area contributed by atoms with Gasteiger partial charge < -0.3 is 25.0 Å². The molecule has 9 nitrogen and oxygen atoms in total. The van der Waals surface area contributed by atoms with Crippen molar-refractivity contribution in [3.63, 3.8) is 0 Å². The van der Waals surface area contributed by atoms with Crippen molar-refractivity contribution in [1.82, 2.24) is 19.7 Å². The number of nitrogens with zero attached hydrogens (tertiary/aromatic N) is 5. The summed E-state index contributed by atoms with van der Waals surface area (Å²) in [7, 11) is 0. The van der Waals surface area contributed by atoms with Crippen LogP contribution in [0.5, 0.6) is 11.5 Å². The molecule has 4 aromatic rings. The Balaban J connectivity index is 0.00000129. The summed E-state index contributed by atoms with van der Waals surface area (Å²) in [5.74, 6) is 1.13. The van der Waals surface area contributed by atoms with Crippen molar-refractivity contribution in [2.45, 2.75) is 46.2 Å². The molecule has 1 saturated heterocycles. The summed E-state index contributed by atoms with van der Waals surface area (Å²) >= 11 is 0. The zero-order valence-electron chi connectivity index (χ0n) is 25.2. The van der Waals surface area contributed by atoms with E-state index in [-0.39, 0.29) is 23.5 Å². The Morgan fingerprint density at radius 1 is 0.833 bits per heavy atom. The SMILES string of the molecule is CC(NCCOc1ccccc1)C(C)n1ncn(-c2ccc(N3CCN(c4ccc(O)cc4)CC3)cc2)c1=O.CCC. The topological polar surface area (TPSA) is 87.8 Å². The second-order valence-electron chi connectivity index (χ2n) is 10.6. The number of aromatic nitrogens is 3. The largest absolute Gasteiger partial charge is 0.508 e. The summed E-state index contributed by atoms with van der Waals surface area (Å²) in [4.78, 5) is 17.9. The van der Waals surface area contributed by atoms with Crippen LogP contribution in [0.4, 0.5) is 11.4 Å². The number of hydrogen-bond acceptors (Lipinski definition) is 7. The number of nitrogens with one attached hydrogen (secondary N) is 1. The summed E-state index contributed by atoms with van der Waals surface area (Å²) in [5.41, 5.74) is 2.89. The van der Waals surface area contributed by atoms with Crippen LogP contribution in [-0.2, 0) is 0 Å². The van der Waals surface area contributed by atoms with Gasteiger partial charge in [0.1, 0.15) is 24.4 Å². The Labute approximate surface area is 249 Å². The standard InChI is InChI=1S/C30H36N6O3.C3H8/c1-23(31-16-21-39-29-6-4-3-5-7-29)24(2)36-30(38)35(22-32-36)27-10-8-25(9-11-27)33-17-19-34(20-18-33)26-12-14-28(37)15-13-26;1-3-2/h3-15,22-24,31,37H,16-21H2,1-2H3;3H2,1-2H3. The highest BCUT2D eigenvalue weighted by Crippen LogP contribution is 2.23. The third-order valence-corrected chi connectivity index (χ3v) is 7.37. The smallest absolute Gasteiger partial charge is 0.350 e. The molecule has 0 radical (unpaired) electrons. The quantitative estimate of drug-likeness (QED) is 0.256. The van der Waals surface area contributed by atoms with Crippen LogP contribution in [0.25, 0.3) is 5.69 Å². The molecule has 1 aromatic heterocycles. The molecule has 42 heavy (non-hydrogen) atoms. The molecule has 2 atom stereocenters. The number of benzene rings is 3. The van der Waals surface area contributed by atoms with Crippen LogP contribution in [0.3, 0.4) is 0 Å². The number of para-hydroxylation sites is 1. The van der Waals surface area contributed by atoms with E-state index in [4.69, 9.17) is 4.74 Å². The van der Waals surface area contributed by atoms with E-state index in [9.17, 15) is 9.90 Å². The van der Waals surface area contributed by atoms with E-state index in [1.807, 2.05) is 61.5 Å². The summed E-state index contributed by atoms with van der Waals surface area (Å²) in [6.07, 6.45) is 2.84. The Morgan fingerprint density at radius 3 is 1.93 bits per heavy atom. The Bertz CT molecular complexity index is 1390. The van der Waals surface area contributed by atoms with Gasteiger partial charge in [0.15, 0.2) is 0 Å². The van der Waals surface area contributed by atoms with Crippen molar-refractivity contribution < 1.29 is 9.84 Å². The fraction of sp³-hybridized carbons (Fsp3) is 0.394. The highest BCUT2D eigenvalue weighted by molar-refractivity contribution is 5.54. The van der Waals surface area contributed by atoms with Gasteiger partial charge in [-0.1, -0.05) is 38.5 Å². The van der Waals surface area contributed by atoms with Crippen molar-refractivity contribution in [2.24, 2.45) is 0 Å². The van der Waals surface area contributed by atoms with Crippen molar-refractivity contribution in [3.05, 3.63) is 95.7 Å². The molecule has 0 aliphatic carbocycles. The fourth-order valence-corrected chi connectivity index (χ4v) is 4.84. The third-order valence-electron chi connectivity index (χ3n) is 7.37. The van der Waals surface area contributed by atoms with Crippen LogP contribution in [0.2, 0.25) is 0 Å². The van der Waals surface area contributed by atoms with Crippen LogP contribution in [0.1, 0.15) is 40.2 Å². The lowest BCUT2D eigenvalue weighted by Gasteiger charge is -2.37. The van der Waals surface area contributed by atoms with E-state index < -0.39 is 0 Å². The third kappa shape index (κ3) is 7.94.